The van der Waals surface area contributed by atoms with Crippen LogP contribution in [-0.2, 0) is 6.42 Å². The summed E-state index contributed by atoms with van der Waals surface area (Å²) in [5.74, 6) is 2.06. The molecule has 0 bridgehead atoms. The van der Waals surface area contributed by atoms with Crippen molar-refractivity contribution in [1.29, 1.82) is 0 Å². The first-order chi connectivity index (χ1) is 12.8. The van der Waals surface area contributed by atoms with Gasteiger partial charge in [0.1, 0.15) is 11.6 Å². The lowest BCUT2D eigenvalue weighted by molar-refractivity contribution is 0.0714. The molecule has 0 atom stereocenters. The molecule has 3 heterocycles. The van der Waals surface area contributed by atoms with E-state index in [1.54, 1.807) is 18.3 Å². The maximum Gasteiger partial charge on any atom is 0.289 e. The zero-order valence-corrected chi connectivity index (χ0v) is 14.4. The standard InChI is InChI=1S/C20H20N4O2/c25-20(17-7-4-14-26-17)24-12-10-23(11-13-24)19-8-9-21-18(22-19)15-16-5-2-1-3-6-16/h1-9,14H,10-13,15H2. The third kappa shape index (κ3) is 3.59. The van der Waals surface area contributed by atoms with Gasteiger partial charge in [0.15, 0.2) is 5.76 Å². The second-order valence-corrected chi connectivity index (χ2v) is 6.25. The van der Waals surface area contributed by atoms with Gasteiger partial charge in [-0.3, -0.25) is 4.79 Å². The summed E-state index contributed by atoms with van der Waals surface area (Å²) in [5.41, 5.74) is 1.19. The van der Waals surface area contributed by atoms with Crippen LogP contribution in [0.4, 0.5) is 5.82 Å². The second-order valence-electron chi connectivity index (χ2n) is 6.25. The van der Waals surface area contributed by atoms with Crippen molar-refractivity contribution in [2.45, 2.75) is 6.42 Å². The lowest BCUT2D eigenvalue weighted by Crippen LogP contribution is -2.49. The molecule has 26 heavy (non-hydrogen) atoms. The predicted octanol–water partition coefficient (Wildman–Crippen LogP) is 2.62. The van der Waals surface area contributed by atoms with E-state index in [1.165, 1.54) is 11.8 Å². The number of furan rings is 1. The number of aromatic nitrogens is 2. The largest absolute Gasteiger partial charge is 0.459 e. The van der Waals surface area contributed by atoms with Gasteiger partial charge in [-0.25, -0.2) is 9.97 Å². The van der Waals surface area contributed by atoms with Crippen LogP contribution in [0.15, 0.2) is 65.4 Å². The first-order valence-corrected chi connectivity index (χ1v) is 8.73. The zero-order valence-electron chi connectivity index (χ0n) is 14.4. The monoisotopic (exact) mass is 348 g/mol. The molecular formula is C20H20N4O2. The molecule has 0 spiro atoms. The Bertz CT molecular complexity index is 857. The summed E-state index contributed by atoms with van der Waals surface area (Å²) < 4.78 is 5.21. The second kappa shape index (κ2) is 7.39. The number of rotatable bonds is 4. The molecule has 0 N–H and O–H groups in total. The number of benzene rings is 1. The van der Waals surface area contributed by atoms with Gasteiger partial charge in [-0.15, -0.1) is 0 Å². The van der Waals surface area contributed by atoms with Crippen LogP contribution in [0.2, 0.25) is 0 Å². The van der Waals surface area contributed by atoms with Crippen molar-refractivity contribution >= 4 is 11.7 Å². The quantitative estimate of drug-likeness (QED) is 0.725. The molecule has 0 unspecified atom stereocenters. The summed E-state index contributed by atoms with van der Waals surface area (Å²) in [7, 11) is 0. The highest BCUT2D eigenvalue weighted by Gasteiger charge is 2.24. The molecule has 1 fully saturated rings. The molecule has 1 saturated heterocycles. The number of anilines is 1. The Hall–Kier alpha value is -3.15. The van der Waals surface area contributed by atoms with E-state index >= 15 is 0 Å². The first-order valence-electron chi connectivity index (χ1n) is 8.73. The van der Waals surface area contributed by atoms with E-state index in [1.807, 2.05) is 29.2 Å². The van der Waals surface area contributed by atoms with Gasteiger partial charge in [-0.1, -0.05) is 30.3 Å². The molecule has 1 aromatic carbocycles. The highest BCUT2D eigenvalue weighted by molar-refractivity contribution is 5.91. The van der Waals surface area contributed by atoms with Crippen LogP contribution in [0.3, 0.4) is 0 Å². The molecule has 1 amide bonds. The summed E-state index contributed by atoms with van der Waals surface area (Å²) in [6.45, 7) is 2.79. The Morgan fingerprint density at radius 3 is 2.54 bits per heavy atom. The van der Waals surface area contributed by atoms with Gasteiger partial charge in [0.25, 0.3) is 5.91 Å². The van der Waals surface area contributed by atoms with Crippen LogP contribution in [-0.4, -0.2) is 47.0 Å². The topological polar surface area (TPSA) is 62.5 Å². The van der Waals surface area contributed by atoms with E-state index < -0.39 is 0 Å². The maximum atomic E-state index is 12.3. The average molecular weight is 348 g/mol. The average Bonchev–Trinajstić information content (AvgIpc) is 3.23. The molecule has 1 aliphatic heterocycles. The smallest absolute Gasteiger partial charge is 0.289 e. The molecule has 1 aliphatic rings. The van der Waals surface area contributed by atoms with Crippen molar-refractivity contribution in [3.63, 3.8) is 0 Å². The van der Waals surface area contributed by atoms with Crippen LogP contribution >= 0.6 is 0 Å². The van der Waals surface area contributed by atoms with Gasteiger partial charge < -0.3 is 14.2 Å². The minimum Gasteiger partial charge on any atom is -0.459 e. The summed E-state index contributed by atoms with van der Waals surface area (Å²) in [4.78, 5) is 25.5. The fourth-order valence-electron chi connectivity index (χ4n) is 3.12. The fourth-order valence-corrected chi connectivity index (χ4v) is 3.12. The summed E-state index contributed by atoms with van der Waals surface area (Å²) in [6.07, 6.45) is 4.05. The normalized spacial score (nSPS) is 14.5. The lowest BCUT2D eigenvalue weighted by atomic mass is 10.1. The van der Waals surface area contributed by atoms with Crippen LogP contribution in [0.25, 0.3) is 0 Å². The molecule has 0 aliphatic carbocycles. The van der Waals surface area contributed by atoms with Crippen LogP contribution in [0.5, 0.6) is 0 Å². The Labute approximate surface area is 152 Å². The van der Waals surface area contributed by atoms with Crippen molar-refractivity contribution in [2.75, 3.05) is 31.1 Å². The molecule has 6 heteroatoms. The Morgan fingerprint density at radius 1 is 1.00 bits per heavy atom. The van der Waals surface area contributed by atoms with E-state index in [2.05, 4.69) is 22.0 Å². The lowest BCUT2D eigenvalue weighted by Gasteiger charge is -2.35. The molecule has 132 valence electrons. The molecule has 2 aromatic heterocycles. The van der Waals surface area contributed by atoms with Crippen molar-refractivity contribution in [1.82, 2.24) is 14.9 Å². The van der Waals surface area contributed by atoms with Crippen LogP contribution in [0, 0.1) is 0 Å². The minimum absolute atomic E-state index is 0.0536. The van der Waals surface area contributed by atoms with Gasteiger partial charge in [0.05, 0.1) is 6.26 Å². The van der Waals surface area contributed by atoms with E-state index in [0.717, 1.165) is 24.7 Å². The number of amides is 1. The van der Waals surface area contributed by atoms with Crippen LogP contribution < -0.4 is 4.90 Å². The SMILES string of the molecule is O=C(c1ccco1)N1CCN(c2ccnc(Cc3ccccc3)n2)CC1. The number of hydrogen-bond donors (Lipinski definition) is 0. The molecule has 0 radical (unpaired) electrons. The van der Waals surface area contributed by atoms with Gasteiger partial charge in [0.2, 0.25) is 0 Å². The third-order valence-corrected chi connectivity index (χ3v) is 4.52. The summed E-state index contributed by atoms with van der Waals surface area (Å²) in [5, 5.41) is 0. The number of hydrogen-bond acceptors (Lipinski definition) is 5. The third-order valence-electron chi connectivity index (χ3n) is 4.52. The van der Waals surface area contributed by atoms with Crippen molar-refractivity contribution in [3.05, 3.63) is 78.1 Å². The van der Waals surface area contributed by atoms with E-state index in [-0.39, 0.29) is 5.91 Å². The minimum atomic E-state index is -0.0536. The Kier molecular flexibility index (Phi) is 4.64. The highest BCUT2D eigenvalue weighted by Crippen LogP contribution is 2.16. The Morgan fingerprint density at radius 2 is 1.81 bits per heavy atom. The number of nitrogens with zero attached hydrogens (tertiary/aromatic N) is 4. The van der Waals surface area contributed by atoms with Crippen molar-refractivity contribution in [3.8, 4) is 0 Å². The number of carbonyl (C=O) groups excluding carboxylic acids is 1. The van der Waals surface area contributed by atoms with E-state index in [0.29, 0.717) is 25.3 Å². The highest BCUT2D eigenvalue weighted by atomic mass is 16.3. The molecule has 0 saturated carbocycles. The number of carbonyl (C=O) groups is 1. The van der Waals surface area contributed by atoms with E-state index in [4.69, 9.17) is 9.40 Å². The van der Waals surface area contributed by atoms with Gasteiger partial charge in [-0.2, -0.15) is 0 Å². The van der Waals surface area contributed by atoms with Gasteiger partial charge in [0, 0.05) is 38.8 Å². The number of piperazine rings is 1. The van der Waals surface area contributed by atoms with Crippen molar-refractivity contribution in [2.24, 2.45) is 0 Å². The molecule has 4 rings (SSSR count). The fraction of sp³-hybridized carbons (Fsp3) is 0.250. The maximum absolute atomic E-state index is 12.3. The first kappa shape index (κ1) is 16.3. The van der Waals surface area contributed by atoms with Crippen molar-refractivity contribution < 1.29 is 9.21 Å². The van der Waals surface area contributed by atoms with Gasteiger partial charge >= 0.3 is 0 Å². The molecule has 3 aromatic rings. The Balaban J connectivity index is 1.40. The van der Waals surface area contributed by atoms with Gasteiger partial charge in [-0.05, 0) is 23.8 Å². The molecular weight excluding hydrogens is 328 g/mol. The predicted molar refractivity (Wildman–Crippen MR) is 98.1 cm³/mol. The van der Waals surface area contributed by atoms with E-state index in [9.17, 15) is 4.79 Å². The summed E-state index contributed by atoms with van der Waals surface area (Å²) in [6, 6.07) is 15.6. The van der Waals surface area contributed by atoms with Crippen LogP contribution in [0.1, 0.15) is 21.9 Å². The zero-order chi connectivity index (χ0) is 17.8. The molecule has 6 nitrogen and oxygen atoms in total. The summed E-state index contributed by atoms with van der Waals surface area (Å²) >= 11 is 0.